The van der Waals surface area contributed by atoms with Gasteiger partial charge in [-0.25, -0.2) is 8.78 Å². The third kappa shape index (κ3) is 3.26. The Morgan fingerprint density at radius 3 is 2.28 bits per heavy atom. The highest BCUT2D eigenvalue weighted by atomic mass is 19.1. The average Bonchev–Trinajstić information content (AvgIpc) is 2.28. The minimum absolute atomic E-state index is 0.299. The van der Waals surface area contributed by atoms with Crippen molar-refractivity contribution in [2.45, 2.75) is 13.8 Å². The van der Waals surface area contributed by atoms with E-state index in [0.717, 1.165) is 12.1 Å². The molecule has 0 aliphatic carbocycles. The first-order valence-corrected chi connectivity index (χ1v) is 5.68. The van der Waals surface area contributed by atoms with E-state index in [0.29, 0.717) is 13.1 Å². The quantitative estimate of drug-likeness (QED) is 0.895. The van der Waals surface area contributed by atoms with Crippen molar-refractivity contribution in [2.75, 3.05) is 20.1 Å². The van der Waals surface area contributed by atoms with Gasteiger partial charge in [-0.1, -0.05) is 19.9 Å². The molecule has 0 saturated carbocycles. The van der Waals surface area contributed by atoms with Crippen LogP contribution in [-0.4, -0.2) is 30.9 Å². The zero-order chi connectivity index (χ0) is 13.9. The number of hydrogen-bond acceptors (Lipinski definition) is 2. The van der Waals surface area contributed by atoms with Crippen LogP contribution in [0.5, 0.6) is 0 Å². The minimum atomic E-state index is -0.850. The van der Waals surface area contributed by atoms with Crippen molar-refractivity contribution < 1.29 is 13.6 Å². The molecule has 1 aromatic carbocycles. The molecule has 1 aromatic rings. The maximum absolute atomic E-state index is 13.5. The number of hydrogen-bond donors (Lipinski definition) is 1. The highest BCUT2D eigenvalue weighted by Gasteiger charge is 2.25. The van der Waals surface area contributed by atoms with Crippen LogP contribution < -0.4 is 5.73 Å². The molecular weight excluding hydrogens is 238 g/mol. The van der Waals surface area contributed by atoms with E-state index in [1.165, 1.54) is 18.0 Å². The minimum Gasteiger partial charge on any atom is -0.341 e. The van der Waals surface area contributed by atoms with Gasteiger partial charge in [0.2, 0.25) is 0 Å². The Morgan fingerprint density at radius 2 is 1.83 bits per heavy atom. The molecule has 0 aromatic heterocycles. The Bertz CT molecular complexity index is 426. The fourth-order valence-electron chi connectivity index (χ4n) is 1.67. The van der Waals surface area contributed by atoms with Crippen molar-refractivity contribution >= 4 is 5.91 Å². The molecule has 0 aliphatic rings. The first kappa shape index (κ1) is 14.6. The van der Waals surface area contributed by atoms with Crippen LogP contribution in [-0.2, 0) is 0 Å². The van der Waals surface area contributed by atoms with Crippen molar-refractivity contribution in [3.63, 3.8) is 0 Å². The van der Waals surface area contributed by atoms with Crippen LogP contribution >= 0.6 is 0 Å². The molecule has 18 heavy (non-hydrogen) atoms. The van der Waals surface area contributed by atoms with Crippen molar-refractivity contribution in [2.24, 2.45) is 11.1 Å². The van der Waals surface area contributed by atoms with E-state index in [1.807, 2.05) is 13.8 Å². The summed E-state index contributed by atoms with van der Waals surface area (Å²) in [6.45, 7) is 4.48. The molecule has 100 valence electrons. The molecular formula is C13H18F2N2O. The molecule has 0 radical (unpaired) electrons. The lowest BCUT2D eigenvalue weighted by atomic mass is 9.93. The van der Waals surface area contributed by atoms with Crippen molar-refractivity contribution in [3.05, 3.63) is 35.4 Å². The first-order chi connectivity index (χ1) is 8.28. The van der Waals surface area contributed by atoms with Crippen molar-refractivity contribution in [1.29, 1.82) is 0 Å². The predicted octanol–water partition coefficient (Wildman–Crippen LogP) is 2.02. The summed E-state index contributed by atoms with van der Waals surface area (Å²) >= 11 is 0. The van der Waals surface area contributed by atoms with Gasteiger partial charge < -0.3 is 10.6 Å². The second-order valence-corrected chi connectivity index (χ2v) is 5.13. The summed E-state index contributed by atoms with van der Waals surface area (Å²) in [6, 6.07) is 3.36. The smallest absolute Gasteiger partial charge is 0.259 e. The first-order valence-electron chi connectivity index (χ1n) is 5.68. The van der Waals surface area contributed by atoms with Crippen LogP contribution in [0.1, 0.15) is 24.2 Å². The zero-order valence-corrected chi connectivity index (χ0v) is 10.8. The number of halogens is 2. The Balaban J connectivity index is 2.94. The normalized spacial score (nSPS) is 11.4. The molecule has 1 rings (SSSR count). The predicted molar refractivity (Wildman–Crippen MR) is 66.2 cm³/mol. The van der Waals surface area contributed by atoms with Gasteiger partial charge in [0.1, 0.15) is 17.2 Å². The van der Waals surface area contributed by atoms with Gasteiger partial charge in [-0.05, 0) is 24.1 Å². The van der Waals surface area contributed by atoms with E-state index in [4.69, 9.17) is 5.73 Å². The van der Waals surface area contributed by atoms with Crippen LogP contribution in [0.15, 0.2) is 18.2 Å². The lowest BCUT2D eigenvalue weighted by Gasteiger charge is -2.29. The second-order valence-electron chi connectivity index (χ2n) is 5.13. The number of carbonyl (C=O) groups is 1. The van der Waals surface area contributed by atoms with E-state index < -0.39 is 23.1 Å². The summed E-state index contributed by atoms with van der Waals surface area (Å²) < 4.78 is 26.9. The number of amides is 1. The van der Waals surface area contributed by atoms with Crippen LogP contribution in [0.25, 0.3) is 0 Å². The third-order valence-electron chi connectivity index (χ3n) is 2.74. The standard InChI is InChI=1S/C13H18F2N2O/c1-13(2,7-16)8-17(3)12(18)11-9(14)5-4-6-10(11)15/h4-6H,7-8,16H2,1-3H3. The molecule has 1 amide bonds. The molecule has 0 saturated heterocycles. The molecule has 0 bridgehead atoms. The zero-order valence-electron chi connectivity index (χ0n) is 10.8. The van der Waals surface area contributed by atoms with Gasteiger partial charge in [-0.15, -0.1) is 0 Å². The Labute approximate surface area is 106 Å². The number of carbonyl (C=O) groups excluding carboxylic acids is 1. The topological polar surface area (TPSA) is 46.3 Å². The summed E-state index contributed by atoms with van der Waals surface area (Å²) in [5.41, 5.74) is 4.75. The van der Waals surface area contributed by atoms with Gasteiger partial charge in [-0.2, -0.15) is 0 Å². The number of benzene rings is 1. The van der Waals surface area contributed by atoms with Gasteiger partial charge in [-0.3, -0.25) is 4.79 Å². The van der Waals surface area contributed by atoms with Crippen LogP contribution in [0.3, 0.4) is 0 Å². The Hall–Kier alpha value is -1.49. The lowest BCUT2D eigenvalue weighted by Crippen LogP contribution is -2.40. The molecule has 0 spiro atoms. The fraction of sp³-hybridized carbons (Fsp3) is 0.462. The molecule has 0 atom stereocenters. The Kier molecular flexibility index (Phi) is 4.40. The maximum atomic E-state index is 13.5. The van der Waals surface area contributed by atoms with Gasteiger partial charge >= 0.3 is 0 Å². The number of nitrogens with two attached hydrogens (primary N) is 1. The van der Waals surface area contributed by atoms with E-state index in [1.54, 1.807) is 0 Å². The van der Waals surface area contributed by atoms with Gasteiger partial charge in [0.15, 0.2) is 0 Å². The molecule has 0 heterocycles. The summed E-state index contributed by atoms with van der Waals surface area (Å²) in [6.07, 6.45) is 0. The summed E-state index contributed by atoms with van der Waals surface area (Å²) in [4.78, 5) is 13.3. The molecule has 0 unspecified atom stereocenters. The van der Waals surface area contributed by atoms with Gasteiger partial charge in [0.05, 0.1) is 0 Å². The molecule has 2 N–H and O–H groups in total. The number of nitrogens with zero attached hydrogens (tertiary/aromatic N) is 1. The van der Waals surface area contributed by atoms with E-state index in [9.17, 15) is 13.6 Å². The van der Waals surface area contributed by atoms with Crippen LogP contribution in [0.2, 0.25) is 0 Å². The SMILES string of the molecule is CN(CC(C)(C)CN)C(=O)c1c(F)cccc1F. The lowest BCUT2D eigenvalue weighted by molar-refractivity contribution is 0.0731. The van der Waals surface area contributed by atoms with E-state index >= 15 is 0 Å². The molecule has 5 heteroatoms. The third-order valence-corrected chi connectivity index (χ3v) is 2.74. The molecule has 0 fully saturated rings. The fourth-order valence-corrected chi connectivity index (χ4v) is 1.67. The van der Waals surface area contributed by atoms with Crippen molar-refractivity contribution in [3.8, 4) is 0 Å². The van der Waals surface area contributed by atoms with Gasteiger partial charge in [0.25, 0.3) is 5.91 Å². The van der Waals surface area contributed by atoms with E-state index in [-0.39, 0.29) is 5.41 Å². The second kappa shape index (κ2) is 5.44. The molecule has 3 nitrogen and oxygen atoms in total. The summed E-state index contributed by atoms with van der Waals surface area (Å²) in [5, 5.41) is 0. The maximum Gasteiger partial charge on any atom is 0.259 e. The number of rotatable bonds is 4. The highest BCUT2D eigenvalue weighted by molar-refractivity contribution is 5.94. The van der Waals surface area contributed by atoms with Crippen molar-refractivity contribution in [1.82, 2.24) is 4.90 Å². The highest BCUT2D eigenvalue weighted by Crippen LogP contribution is 2.18. The largest absolute Gasteiger partial charge is 0.341 e. The van der Waals surface area contributed by atoms with Gasteiger partial charge in [0, 0.05) is 13.6 Å². The van der Waals surface area contributed by atoms with Crippen LogP contribution in [0.4, 0.5) is 8.78 Å². The average molecular weight is 256 g/mol. The summed E-state index contributed by atoms with van der Waals surface area (Å²) in [7, 11) is 1.51. The monoisotopic (exact) mass is 256 g/mol. The molecule has 0 aliphatic heterocycles. The Morgan fingerprint density at radius 1 is 1.33 bits per heavy atom. The van der Waals surface area contributed by atoms with Crippen LogP contribution in [0, 0.1) is 17.0 Å². The summed E-state index contributed by atoms with van der Waals surface area (Å²) in [5.74, 6) is -2.37. The van der Waals surface area contributed by atoms with E-state index in [2.05, 4.69) is 0 Å².